The van der Waals surface area contributed by atoms with Crippen LogP contribution in [0.2, 0.25) is 0 Å². The molecule has 2 aliphatic rings. The van der Waals surface area contributed by atoms with Crippen LogP contribution >= 0.6 is 24.0 Å². The number of hydrogen-bond donors (Lipinski definition) is 2. The number of rotatable bonds is 9. The van der Waals surface area contributed by atoms with Crippen LogP contribution in [0.25, 0.3) is 0 Å². The summed E-state index contributed by atoms with van der Waals surface area (Å²) >= 11 is 0. The Morgan fingerprint density at radius 2 is 1.90 bits per heavy atom. The van der Waals surface area contributed by atoms with Crippen molar-refractivity contribution in [3.8, 4) is 0 Å². The van der Waals surface area contributed by atoms with Crippen LogP contribution < -0.4 is 10.6 Å². The predicted octanol–water partition coefficient (Wildman–Crippen LogP) is 2.78. The molecule has 3 rings (SSSR count). The maximum atomic E-state index is 6.06. The monoisotopic (exact) mass is 546 g/mol. The van der Waals surface area contributed by atoms with E-state index in [1.165, 1.54) is 11.1 Å². The summed E-state index contributed by atoms with van der Waals surface area (Å²) in [6.07, 6.45) is 4.57. The van der Waals surface area contributed by atoms with Gasteiger partial charge < -0.3 is 29.7 Å². The highest BCUT2D eigenvalue weighted by molar-refractivity contribution is 14.0. The fourth-order valence-corrected chi connectivity index (χ4v) is 3.98. The molecule has 7 nitrogen and oxygen atoms in total. The molecule has 0 saturated carbocycles. The summed E-state index contributed by atoms with van der Waals surface area (Å²) < 4.78 is 16.6. The van der Waals surface area contributed by atoms with Crippen LogP contribution in [-0.2, 0) is 27.4 Å². The first-order chi connectivity index (χ1) is 14.8. The van der Waals surface area contributed by atoms with Crippen molar-refractivity contribution in [3.05, 3.63) is 35.4 Å². The minimum Gasteiger partial charge on any atom is -0.383 e. The lowest BCUT2D eigenvalue weighted by atomic mass is 10.1. The van der Waals surface area contributed by atoms with Gasteiger partial charge in [-0.15, -0.1) is 24.0 Å². The molecule has 0 amide bonds. The first-order valence-corrected chi connectivity index (χ1v) is 11.2. The number of hydrogen-bond acceptors (Lipinski definition) is 5. The van der Waals surface area contributed by atoms with Crippen LogP contribution in [0.1, 0.15) is 36.8 Å². The first-order valence-electron chi connectivity index (χ1n) is 11.2. The van der Waals surface area contributed by atoms with E-state index in [1.54, 1.807) is 7.11 Å². The molecule has 2 heterocycles. The Morgan fingerprint density at radius 1 is 1.16 bits per heavy atom. The number of likely N-dealkylation sites (tertiary alicyclic amines) is 1. The minimum atomic E-state index is 0. The van der Waals surface area contributed by atoms with E-state index in [0.717, 1.165) is 77.6 Å². The third-order valence-corrected chi connectivity index (χ3v) is 5.87. The molecule has 176 valence electrons. The Morgan fingerprint density at radius 3 is 2.61 bits per heavy atom. The van der Waals surface area contributed by atoms with Gasteiger partial charge in [0.1, 0.15) is 0 Å². The lowest BCUT2D eigenvalue weighted by Crippen LogP contribution is -2.48. The van der Waals surface area contributed by atoms with Crippen molar-refractivity contribution >= 4 is 29.9 Å². The quantitative estimate of drug-likeness (QED) is 0.282. The molecule has 31 heavy (non-hydrogen) atoms. The number of piperidine rings is 1. The van der Waals surface area contributed by atoms with Crippen LogP contribution in [0, 0.1) is 0 Å². The first kappa shape index (κ1) is 26.3. The minimum absolute atomic E-state index is 0. The van der Waals surface area contributed by atoms with Crippen LogP contribution in [0.5, 0.6) is 0 Å². The molecule has 8 heteroatoms. The molecule has 0 aromatic heterocycles. The number of ether oxygens (including phenoxy) is 3. The molecule has 0 aliphatic carbocycles. The van der Waals surface area contributed by atoms with Crippen molar-refractivity contribution in [2.75, 3.05) is 53.6 Å². The second-order valence-electron chi connectivity index (χ2n) is 8.12. The van der Waals surface area contributed by atoms with Gasteiger partial charge in [0.2, 0.25) is 0 Å². The number of nitrogens with one attached hydrogen (secondary N) is 2. The van der Waals surface area contributed by atoms with Crippen molar-refractivity contribution in [1.29, 1.82) is 0 Å². The smallest absolute Gasteiger partial charge is 0.191 e. The molecular weight excluding hydrogens is 507 g/mol. The molecule has 2 fully saturated rings. The van der Waals surface area contributed by atoms with Crippen molar-refractivity contribution in [2.24, 2.45) is 4.99 Å². The van der Waals surface area contributed by atoms with Crippen LogP contribution in [-0.4, -0.2) is 76.6 Å². The maximum Gasteiger partial charge on any atom is 0.191 e. The summed E-state index contributed by atoms with van der Waals surface area (Å²) in [5.41, 5.74) is 2.45. The Labute approximate surface area is 204 Å². The topological polar surface area (TPSA) is 67.4 Å². The molecule has 0 unspecified atom stereocenters. The number of nitrogens with zero attached hydrogens (tertiary/aromatic N) is 2. The van der Waals surface area contributed by atoms with Crippen LogP contribution in [0.4, 0.5) is 0 Å². The van der Waals surface area contributed by atoms with Gasteiger partial charge in [-0.2, -0.15) is 0 Å². The summed E-state index contributed by atoms with van der Waals surface area (Å²) in [7, 11) is 3.60. The summed E-state index contributed by atoms with van der Waals surface area (Å²) in [6.45, 7) is 7.07. The summed E-state index contributed by atoms with van der Waals surface area (Å²) in [5.74, 6) is 0.870. The molecule has 0 atom stereocenters. The Kier molecular flexibility index (Phi) is 12.7. The van der Waals surface area contributed by atoms with Gasteiger partial charge in [-0.05, 0) is 36.8 Å². The van der Waals surface area contributed by atoms with Crippen LogP contribution in [0.15, 0.2) is 29.3 Å². The number of benzene rings is 1. The molecule has 1 aromatic carbocycles. The van der Waals surface area contributed by atoms with Gasteiger partial charge in [0, 0.05) is 59.6 Å². The zero-order chi connectivity index (χ0) is 21.0. The molecule has 1 aromatic rings. The second kappa shape index (κ2) is 15.0. The molecule has 2 saturated heterocycles. The van der Waals surface area contributed by atoms with E-state index in [9.17, 15) is 0 Å². The largest absolute Gasteiger partial charge is 0.383 e. The number of halogens is 1. The highest BCUT2D eigenvalue weighted by Crippen LogP contribution is 2.14. The third kappa shape index (κ3) is 9.61. The average Bonchev–Trinajstić information content (AvgIpc) is 2.81. The second-order valence-corrected chi connectivity index (χ2v) is 8.12. The summed E-state index contributed by atoms with van der Waals surface area (Å²) in [5, 5.41) is 7.04. The molecule has 0 spiro atoms. The number of guanidine groups is 1. The molecule has 0 radical (unpaired) electrons. The van der Waals surface area contributed by atoms with Gasteiger partial charge in [-0.25, -0.2) is 0 Å². The lowest BCUT2D eigenvalue weighted by Gasteiger charge is -2.32. The Bertz CT molecular complexity index is 647. The Balaban J connectivity index is 0.00000341. The Hall–Kier alpha value is -0.940. The molecule has 2 N–H and O–H groups in total. The van der Waals surface area contributed by atoms with E-state index < -0.39 is 0 Å². The van der Waals surface area contributed by atoms with Gasteiger partial charge in [0.15, 0.2) is 5.96 Å². The van der Waals surface area contributed by atoms with Gasteiger partial charge in [-0.3, -0.25) is 4.99 Å². The van der Waals surface area contributed by atoms with E-state index in [-0.39, 0.29) is 24.0 Å². The fraction of sp³-hybridized carbons (Fsp3) is 0.696. The van der Waals surface area contributed by atoms with Gasteiger partial charge in [0.05, 0.1) is 19.3 Å². The number of aliphatic imine (C=N–C) groups is 1. The zero-order valence-electron chi connectivity index (χ0n) is 19.0. The van der Waals surface area contributed by atoms with E-state index >= 15 is 0 Å². The normalized spacial score (nSPS) is 19.1. The highest BCUT2D eigenvalue weighted by atomic mass is 127. The van der Waals surface area contributed by atoms with E-state index in [2.05, 4.69) is 44.8 Å². The third-order valence-electron chi connectivity index (χ3n) is 5.87. The van der Waals surface area contributed by atoms with Gasteiger partial charge in [-0.1, -0.05) is 24.3 Å². The van der Waals surface area contributed by atoms with Crippen molar-refractivity contribution < 1.29 is 14.2 Å². The SMILES string of the molecule is CN=C(NCc1cccc(COC2CCOCC2)c1)NC1CCN(CCOC)CC1.I. The fourth-order valence-electron chi connectivity index (χ4n) is 3.98. The average molecular weight is 546 g/mol. The summed E-state index contributed by atoms with van der Waals surface area (Å²) in [4.78, 5) is 6.87. The zero-order valence-corrected chi connectivity index (χ0v) is 21.3. The van der Waals surface area contributed by atoms with Crippen molar-refractivity contribution in [1.82, 2.24) is 15.5 Å². The van der Waals surface area contributed by atoms with Crippen LogP contribution in [0.3, 0.4) is 0 Å². The molecular formula is C23H39IN4O3. The van der Waals surface area contributed by atoms with E-state index in [4.69, 9.17) is 14.2 Å². The van der Waals surface area contributed by atoms with Gasteiger partial charge in [0.25, 0.3) is 0 Å². The molecule has 0 bridgehead atoms. The van der Waals surface area contributed by atoms with Crippen molar-refractivity contribution in [2.45, 2.75) is 51.0 Å². The maximum absolute atomic E-state index is 6.06. The van der Waals surface area contributed by atoms with E-state index in [0.29, 0.717) is 18.8 Å². The lowest BCUT2D eigenvalue weighted by molar-refractivity contribution is -0.0390. The van der Waals surface area contributed by atoms with E-state index in [1.807, 2.05) is 7.05 Å². The number of methoxy groups -OCH3 is 1. The standard InChI is InChI=1S/C23H38N4O3.HI/c1-24-23(26-21-6-10-27(11-7-21)12-15-28-2)25-17-19-4-3-5-20(16-19)18-30-22-8-13-29-14-9-22;/h3-5,16,21-22H,6-15,17-18H2,1-2H3,(H2,24,25,26);1H. The summed E-state index contributed by atoms with van der Waals surface area (Å²) in [6, 6.07) is 9.06. The predicted molar refractivity (Wildman–Crippen MR) is 135 cm³/mol. The van der Waals surface area contributed by atoms with Crippen molar-refractivity contribution in [3.63, 3.8) is 0 Å². The van der Waals surface area contributed by atoms with Gasteiger partial charge >= 0.3 is 0 Å². The molecule has 2 aliphatic heterocycles. The highest BCUT2D eigenvalue weighted by Gasteiger charge is 2.19.